The fraction of sp³-hybridized carbons (Fsp3) is 0.333. The number of amides is 2. The van der Waals surface area contributed by atoms with Crippen LogP contribution in [0.3, 0.4) is 0 Å². The van der Waals surface area contributed by atoms with Crippen LogP contribution in [0.4, 0.5) is 10.5 Å². The Morgan fingerprint density at radius 3 is 2.63 bits per heavy atom. The zero-order valence-electron chi connectivity index (χ0n) is 10.3. The molecule has 1 atom stereocenters. The van der Waals surface area contributed by atoms with E-state index >= 15 is 0 Å². The number of halogens is 1. The number of nitrogens with one attached hydrogen (secondary N) is 2. The van der Waals surface area contributed by atoms with Crippen LogP contribution in [0.25, 0.3) is 0 Å². The standard InChI is InChI=1S/C12H15BrN2O4/c1-7-6-8(2-3-9(7)13)14-12(19)15-10(4-5-16)11(17)18/h2-3,6,10,16H,4-5H2,1H3,(H,17,18)(H2,14,15,19). The number of hydrogen-bond donors (Lipinski definition) is 4. The molecule has 7 heteroatoms. The van der Waals surface area contributed by atoms with Crippen molar-refractivity contribution in [1.29, 1.82) is 0 Å². The molecule has 0 bridgehead atoms. The van der Waals surface area contributed by atoms with Gasteiger partial charge in [0.15, 0.2) is 0 Å². The lowest BCUT2D eigenvalue weighted by atomic mass is 10.2. The number of aryl methyl sites for hydroxylation is 1. The van der Waals surface area contributed by atoms with Gasteiger partial charge in [-0.15, -0.1) is 0 Å². The van der Waals surface area contributed by atoms with Crippen molar-refractivity contribution in [2.24, 2.45) is 0 Å². The van der Waals surface area contributed by atoms with Crippen molar-refractivity contribution in [1.82, 2.24) is 5.32 Å². The van der Waals surface area contributed by atoms with Crippen LogP contribution >= 0.6 is 15.9 Å². The van der Waals surface area contributed by atoms with Gasteiger partial charge in [-0.25, -0.2) is 9.59 Å². The molecule has 0 saturated carbocycles. The van der Waals surface area contributed by atoms with Gasteiger partial charge in [0.25, 0.3) is 0 Å². The summed E-state index contributed by atoms with van der Waals surface area (Å²) in [5.41, 5.74) is 1.51. The molecule has 104 valence electrons. The third-order valence-electron chi connectivity index (χ3n) is 2.44. The van der Waals surface area contributed by atoms with E-state index in [9.17, 15) is 9.59 Å². The zero-order valence-corrected chi connectivity index (χ0v) is 11.9. The van der Waals surface area contributed by atoms with Crippen LogP contribution in [-0.4, -0.2) is 34.9 Å². The summed E-state index contributed by atoms with van der Waals surface area (Å²) in [6, 6.07) is 3.50. The molecular weight excluding hydrogens is 316 g/mol. The number of aliphatic hydroxyl groups excluding tert-OH is 1. The molecule has 0 heterocycles. The normalized spacial score (nSPS) is 11.7. The molecule has 6 nitrogen and oxygen atoms in total. The minimum atomic E-state index is -1.18. The third-order valence-corrected chi connectivity index (χ3v) is 3.33. The van der Waals surface area contributed by atoms with E-state index in [1.165, 1.54) is 0 Å². The van der Waals surface area contributed by atoms with Crippen molar-refractivity contribution >= 4 is 33.6 Å². The Morgan fingerprint density at radius 2 is 2.11 bits per heavy atom. The minimum Gasteiger partial charge on any atom is -0.480 e. The molecule has 4 N–H and O–H groups in total. The van der Waals surface area contributed by atoms with Crippen LogP contribution in [0.2, 0.25) is 0 Å². The monoisotopic (exact) mass is 330 g/mol. The molecule has 0 aromatic heterocycles. The van der Waals surface area contributed by atoms with Crippen molar-refractivity contribution < 1.29 is 19.8 Å². The van der Waals surface area contributed by atoms with E-state index in [2.05, 4.69) is 26.6 Å². The van der Waals surface area contributed by atoms with Crippen molar-refractivity contribution in [3.8, 4) is 0 Å². The summed E-state index contributed by atoms with van der Waals surface area (Å²) >= 11 is 3.34. The van der Waals surface area contributed by atoms with Gasteiger partial charge in [0.05, 0.1) is 0 Å². The van der Waals surface area contributed by atoms with Gasteiger partial charge >= 0.3 is 12.0 Å². The molecule has 0 aliphatic carbocycles. The maximum absolute atomic E-state index is 11.6. The van der Waals surface area contributed by atoms with E-state index in [4.69, 9.17) is 10.2 Å². The first-order chi connectivity index (χ1) is 8.93. The first kappa shape index (κ1) is 15.5. The Hall–Kier alpha value is -1.60. The highest BCUT2D eigenvalue weighted by Crippen LogP contribution is 2.19. The molecule has 19 heavy (non-hydrogen) atoms. The number of carboxylic acid groups (broad SMARTS) is 1. The van der Waals surface area contributed by atoms with Gasteiger partial charge in [-0.3, -0.25) is 0 Å². The molecule has 2 amide bonds. The van der Waals surface area contributed by atoms with E-state index in [1.54, 1.807) is 18.2 Å². The lowest BCUT2D eigenvalue weighted by Crippen LogP contribution is -2.43. The lowest BCUT2D eigenvalue weighted by Gasteiger charge is -2.14. The van der Waals surface area contributed by atoms with Crippen molar-refractivity contribution in [2.75, 3.05) is 11.9 Å². The predicted octanol–water partition coefficient (Wildman–Crippen LogP) is 1.71. The van der Waals surface area contributed by atoms with Gasteiger partial charge in [0.2, 0.25) is 0 Å². The number of aliphatic hydroxyl groups is 1. The van der Waals surface area contributed by atoms with Crippen LogP contribution in [0.1, 0.15) is 12.0 Å². The highest BCUT2D eigenvalue weighted by atomic mass is 79.9. The molecule has 1 rings (SSSR count). The van der Waals surface area contributed by atoms with E-state index in [1.807, 2.05) is 6.92 Å². The number of carbonyl (C=O) groups is 2. The lowest BCUT2D eigenvalue weighted by molar-refractivity contribution is -0.139. The largest absolute Gasteiger partial charge is 0.480 e. The summed E-state index contributed by atoms with van der Waals surface area (Å²) < 4.78 is 0.919. The molecule has 1 aromatic carbocycles. The number of benzene rings is 1. The Labute approximate surface area is 118 Å². The van der Waals surface area contributed by atoms with Gasteiger partial charge in [-0.2, -0.15) is 0 Å². The van der Waals surface area contributed by atoms with E-state index in [0.29, 0.717) is 5.69 Å². The molecule has 0 aliphatic rings. The third kappa shape index (κ3) is 4.88. The molecule has 0 saturated heterocycles. The van der Waals surface area contributed by atoms with E-state index < -0.39 is 18.0 Å². The zero-order chi connectivity index (χ0) is 14.4. The number of urea groups is 1. The molecule has 0 radical (unpaired) electrons. The van der Waals surface area contributed by atoms with Gasteiger partial charge in [-0.1, -0.05) is 15.9 Å². The molecule has 0 spiro atoms. The number of carbonyl (C=O) groups excluding carboxylic acids is 1. The second-order valence-electron chi connectivity index (χ2n) is 3.97. The topological polar surface area (TPSA) is 98.7 Å². The summed E-state index contributed by atoms with van der Waals surface area (Å²) in [6.07, 6.45) is -0.0396. The summed E-state index contributed by atoms with van der Waals surface area (Å²) in [5, 5.41) is 22.4. The van der Waals surface area contributed by atoms with Crippen molar-refractivity contribution in [3.63, 3.8) is 0 Å². The SMILES string of the molecule is Cc1cc(NC(=O)NC(CCO)C(=O)O)ccc1Br. The summed E-state index contributed by atoms with van der Waals surface area (Å²) in [6.45, 7) is 1.56. The molecule has 0 fully saturated rings. The van der Waals surface area contributed by atoms with Crippen LogP contribution in [0.5, 0.6) is 0 Å². The number of carboxylic acids is 1. The van der Waals surface area contributed by atoms with Gasteiger partial charge in [-0.05, 0) is 30.7 Å². The van der Waals surface area contributed by atoms with Gasteiger partial charge in [0.1, 0.15) is 6.04 Å². The number of rotatable bonds is 5. The number of hydrogen-bond acceptors (Lipinski definition) is 3. The van der Waals surface area contributed by atoms with Crippen molar-refractivity contribution in [3.05, 3.63) is 28.2 Å². The number of anilines is 1. The first-order valence-electron chi connectivity index (χ1n) is 5.61. The first-order valence-corrected chi connectivity index (χ1v) is 6.40. The van der Waals surface area contributed by atoms with Crippen LogP contribution in [0.15, 0.2) is 22.7 Å². The van der Waals surface area contributed by atoms with E-state index in [-0.39, 0.29) is 13.0 Å². The van der Waals surface area contributed by atoms with Gasteiger partial charge in [0, 0.05) is 23.2 Å². The van der Waals surface area contributed by atoms with Crippen molar-refractivity contribution in [2.45, 2.75) is 19.4 Å². The Bertz CT molecular complexity index is 479. The average molecular weight is 331 g/mol. The second-order valence-corrected chi connectivity index (χ2v) is 4.82. The summed E-state index contributed by atoms with van der Waals surface area (Å²) in [7, 11) is 0. The fourth-order valence-corrected chi connectivity index (χ4v) is 1.68. The van der Waals surface area contributed by atoms with Crippen LogP contribution in [-0.2, 0) is 4.79 Å². The molecule has 0 aliphatic heterocycles. The maximum Gasteiger partial charge on any atom is 0.326 e. The maximum atomic E-state index is 11.6. The number of aliphatic carboxylic acids is 1. The van der Waals surface area contributed by atoms with Crippen LogP contribution in [0, 0.1) is 6.92 Å². The van der Waals surface area contributed by atoms with E-state index in [0.717, 1.165) is 10.0 Å². The Kier molecular flexibility index (Phi) is 5.78. The summed E-state index contributed by atoms with van der Waals surface area (Å²) in [5.74, 6) is -1.18. The summed E-state index contributed by atoms with van der Waals surface area (Å²) in [4.78, 5) is 22.4. The molecular formula is C12H15BrN2O4. The van der Waals surface area contributed by atoms with Crippen LogP contribution < -0.4 is 10.6 Å². The fourth-order valence-electron chi connectivity index (χ4n) is 1.43. The van der Waals surface area contributed by atoms with Gasteiger partial charge < -0.3 is 20.8 Å². The molecule has 1 aromatic rings. The molecule has 1 unspecified atom stereocenters. The highest BCUT2D eigenvalue weighted by Gasteiger charge is 2.19. The Morgan fingerprint density at radius 1 is 1.42 bits per heavy atom. The second kappa shape index (κ2) is 7.10. The Balaban J connectivity index is 2.63. The quantitative estimate of drug-likeness (QED) is 0.660. The highest BCUT2D eigenvalue weighted by molar-refractivity contribution is 9.10. The smallest absolute Gasteiger partial charge is 0.326 e. The average Bonchev–Trinajstić information content (AvgIpc) is 2.33. The minimum absolute atomic E-state index is 0.0396. The predicted molar refractivity (Wildman–Crippen MR) is 74.2 cm³/mol.